The van der Waals surface area contributed by atoms with Gasteiger partial charge in [-0.25, -0.2) is 4.79 Å². The average molecular weight is 242 g/mol. The second-order valence-electron chi connectivity index (χ2n) is 3.48. The molecule has 1 aromatic carbocycles. The van der Waals surface area contributed by atoms with Gasteiger partial charge in [-0.05, 0) is 24.6 Å². The second kappa shape index (κ2) is 7.12. The number of amides is 1. The van der Waals surface area contributed by atoms with Crippen molar-refractivity contribution in [2.45, 2.75) is 26.2 Å². The largest absolute Gasteiger partial charge is 0.449 e. The van der Waals surface area contributed by atoms with Crippen LogP contribution in [0.1, 0.15) is 26.2 Å². The smallest absolute Gasteiger partial charge is 0.411 e. The molecule has 4 heteroatoms. The molecule has 1 rings (SSSR count). The maximum Gasteiger partial charge on any atom is 0.411 e. The zero-order valence-corrected chi connectivity index (χ0v) is 10.1. The van der Waals surface area contributed by atoms with Gasteiger partial charge in [-0.2, -0.15) is 0 Å². The van der Waals surface area contributed by atoms with Crippen LogP contribution in [0.5, 0.6) is 0 Å². The Morgan fingerprint density at radius 1 is 1.44 bits per heavy atom. The van der Waals surface area contributed by atoms with Crippen molar-refractivity contribution in [1.82, 2.24) is 0 Å². The van der Waals surface area contributed by atoms with Crippen LogP contribution in [0.3, 0.4) is 0 Å². The van der Waals surface area contributed by atoms with Crippen LogP contribution >= 0.6 is 11.6 Å². The van der Waals surface area contributed by atoms with Crippen LogP contribution < -0.4 is 5.32 Å². The summed E-state index contributed by atoms with van der Waals surface area (Å²) in [5.74, 6) is 0. The van der Waals surface area contributed by atoms with Crippen molar-refractivity contribution < 1.29 is 9.53 Å². The zero-order valence-electron chi connectivity index (χ0n) is 9.33. The van der Waals surface area contributed by atoms with Gasteiger partial charge in [0.1, 0.15) is 0 Å². The van der Waals surface area contributed by atoms with E-state index in [9.17, 15) is 4.79 Å². The number of anilines is 1. The van der Waals surface area contributed by atoms with Crippen molar-refractivity contribution in [2.75, 3.05) is 11.9 Å². The normalized spacial score (nSPS) is 9.88. The summed E-state index contributed by atoms with van der Waals surface area (Å²) < 4.78 is 4.99. The first kappa shape index (κ1) is 12.8. The summed E-state index contributed by atoms with van der Waals surface area (Å²) in [6, 6.07) is 6.96. The summed E-state index contributed by atoms with van der Waals surface area (Å²) in [4.78, 5) is 11.3. The van der Waals surface area contributed by atoms with Crippen LogP contribution in [0.25, 0.3) is 0 Å². The molecule has 0 aliphatic rings. The molecular weight excluding hydrogens is 226 g/mol. The molecule has 0 unspecified atom stereocenters. The summed E-state index contributed by atoms with van der Waals surface area (Å²) in [6.07, 6.45) is 2.65. The van der Waals surface area contributed by atoms with E-state index in [-0.39, 0.29) is 0 Å². The Hall–Kier alpha value is -1.22. The van der Waals surface area contributed by atoms with Gasteiger partial charge < -0.3 is 4.74 Å². The Bertz CT molecular complexity index is 342. The molecule has 0 saturated heterocycles. The molecule has 16 heavy (non-hydrogen) atoms. The van der Waals surface area contributed by atoms with E-state index < -0.39 is 6.09 Å². The lowest BCUT2D eigenvalue weighted by molar-refractivity contribution is 0.159. The highest BCUT2D eigenvalue weighted by atomic mass is 35.5. The SMILES string of the molecule is CCCCCOC(=O)Nc1cccc(Cl)c1. The minimum Gasteiger partial charge on any atom is -0.449 e. The van der Waals surface area contributed by atoms with Crippen molar-refractivity contribution in [3.8, 4) is 0 Å². The van der Waals surface area contributed by atoms with Crippen molar-refractivity contribution in [2.24, 2.45) is 0 Å². The lowest BCUT2D eigenvalue weighted by atomic mass is 10.3. The number of hydrogen-bond donors (Lipinski definition) is 1. The number of carbonyl (C=O) groups excluding carboxylic acids is 1. The fourth-order valence-electron chi connectivity index (χ4n) is 1.24. The third-order valence-corrected chi connectivity index (χ3v) is 2.29. The first-order chi connectivity index (χ1) is 7.72. The number of carbonyl (C=O) groups is 1. The lowest BCUT2D eigenvalue weighted by Crippen LogP contribution is -2.14. The third-order valence-electron chi connectivity index (χ3n) is 2.05. The number of unbranched alkanes of at least 4 members (excludes halogenated alkanes) is 2. The van der Waals surface area contributed by atoms with E-state index in [1.807, 2.05) is 0 Å². The molecule has 88 valence electrons. The van der Waals surface area contributed by atoms with Crippen molar-refractivity contribution in [3.05, 3.63) is 29.3 Å². The molecule has 0 fully saturated rings. The molecular formula is C12H16ClNO2. The molecule has 0 aliphatic heterocycles. The highest BCUT2D eigenvalue weighted by Crippen LogP contribution is 2.14. The maximum absolute atomic E-state index is 11.3. The number of hydrogen-bond acceptors (Lipinski definition) is 2. The lowest BCUT2D eigenvalue weighted by Gasteiger charge is -2.06. The fraction of sp³-hybridized carbons (Fsp3) is 0.417. The van der Waals surface area contributed by atoms with Gasteiger partial charge in [0.15, 0.2) is 0 Å². The van der Waals surface area contributed by atoms with Crippen LogP contribution in [0.15, 0.2) is 24.3 Å². The molecule has 0 saturated carbocycles. The quantitative estimate of drug-likeness (QED) is 0.789. The molecule has 0 aliphatic carbocycles. The van der Waals surface area contributed by atoms with Gasteiger partial charge in [0.25, 0.3) is 0 Å². The van der Waals surface area contributed by atoms with Crippen LogP contribution in [0.4, 0.5) is 10.5 Å². The van der Waals surface area contributed by atoms with E-state index in [4.69, 9.17) is 16.3 Å². The first-order valence-electron chi connectivity index (χ1n) is 5.41. The molecule has 0 bridgehead atoms. The Morgan fingerprint density at radius 3 is 2.94 bits per heavy atom. The van der Waals surface area contributed by atoms with Gasteiger partial charge in [-0.15, -0.1) is 0 Å². The Morgan fingerprint density at radius 2 is 2.25 bits per heavy atom. The molecule has 3 nitrogen and oxygen atoms in total. The molecule has 0 atom stereocenters. The summed E-state index contributed by atoms with van der Waals surface area (Å²) >= 11 is 5.78. The number of rotatable bonds is 5. The second-order valence-corrected chi connectivity index (χ2v) is 3.91. The van der Waals surface area contributed by atoms with Crippen LogP contribution in [0.2, 0.25) is 5.02 Å². The number of halogens is 1. The number of benzene rings is 1. The summed E-state index contributed by atoms with van der Waals surface area (Å²) in [5.41, 5.74) is 0.646. The van der Waals surface area contributed by atoms with E-state index in [1.54, 1.807) is 24.3 Å². The number of nitrogens with one attached hydrogen (secondary N) is 1. The Kier molecular flexibility index (Phi) is 5.72. The Labute approximate surface area is 101 Å². The average Bonchev–Trinajstić information content (AvgIpc) is 2.24. The van der Waals surface area contributed by atoms with Gasteiger partial charge in [0.2, 0.25) is 0 Å². The number of ether oxygens (including phenoxy) is 1. The maximum atomic E-state index is 11.3. The Balaban J connectivity index is 2.29. The highest BCUT2D eigenvalue weighted by Gasteiger charge is 2.02. The molecule has 0 radical (unpaired) electrons. The molecule has 0 aromatic heterocycles. The van der Waals surface area contributed by atoms with Gasteiger partial charge in [0.05, 0.1) is 6.61 Å². The van der Waals surface area contributed by atoms with Crippen molar-refractivity contribution in [1.29, 1.82) is 0 Å². The molecule has 0 spiro atoms. The summed E-state index contributed by atoms with van der Waals surface area (Å²) in [7, 11) is 0. The van der Waals surface area contributed by atoms with E-state index in [0.717, 1.165) is 19.3 Å². The third kappa shape index (κ3) is 5.03. The van der Waals surface area contributed by atoms with Crippen LogP contribution in [-0.2, 0) is 4.74 Å². The molecule has 1 N–H and O–H groups in total. The minimum absolute atomic E-state index is 0.432. The van der Waals surface area contributed by atoms with E-state index in [1.165, 1.54) is 0 Å². The topological polar surface area (TPSA) is 38.3 Å². The highest BCUT2D eigenvalue weighted by molar-refractivity contribution is 6.30. The summed E-state index contributed by atoms with van der Waals surface area (Å²) in [5, 5.41) is 3.20. The fourth-order valence-corrected chi connectivity index (χ4v) is 1.43. The summed E-state index contributed by atoms with van der Waals surface area (Å²) in [6.45, 7) is 2.56. The van der Waals surface area contributed by atoms with E-state index in [2.05, 4.69) is 12.2 Å². The monoisotopic (exact) mass is 241 g/mol. The van der Waals surface area contributed by atoms with Gasteiger partial charge in [-0.3, -0.25) is 5.32 Å². The zero-order chi connectivity index (χ0) is 11.8. The van der Waals surface area contributed by atoms with Crippen LogP contribution in [0, 0.1) is 0 Å². The molecule has 1 amide bonds. The van der Waals surface area contributed by atoms with Gasteiger partial charge in [-0.1, -0.05) is 37.4 Å². The molecule has 0 heterocycles. The van der Waals surface area contributed by atoms with E-state index in [0.29, 0.717) is 17.3 Å². The predicted octanol–water partition coefficient (Wildman–Crippen LogP) is 4.08. The standard InChI is InChI=1S/C12H16ClNO2/c1-2-3-4-8-16-12(15)14-11-7-5-6-10(13)9-11/h5-7,9H,2-4,8H2,1H3,(H,14,15). The first-order valence-corrected chi connectivity index (χ1v) is 5.79. The predicted molar refractivity (Wildman–Crippen MR) is 65.9 cm³/mol. The van der Waals surface area contributed by atoms with Crippen molar-refractivity contribution >= 4 is 23.4 Å². The van der Waals surface area contributed by atoms with Gasteiger partial charge >= 0.3 is 6.09 Å². The minimum atomic E-state index is -0.432. The van der Waals surface area contributed by atoms with E-state index >= 15 is 0 Å². The van der Waals surface area contributed by atoms with Crippen molar-refractivity contribution in [3.63, 3.8) is 0 Å². The van der Waals surface area contributed by atoms with Gasteiger partial charge in [0, 0.05) is 10.7 Å². The van der Waals surface area contributed by atoms with Crippen LogP contribution in [-0.4, -0.2) is 12.7 Å². The molecule has 1 aromatic rings.